The molecule has 1 saturated carbocycles. The number of nitrogens with zero attached hydrogens (tertiary/aromatic N) is 4. The zero-order valence-electron chi connectivity index (χ0n) is 18.7. The summed E-state index contributed by atoms with van der Waals surface area (Å²) >= 11 is 0. The minimum atomic E-state index is -0.388. The van der Waals surface area contributed by atoms with Gasteiger partial charge in [0.25, 0.3) is 11.5 Å². The zero-order valence-corrected chi connectivity index (χ0v) is 18.7. The number of nitrogens with one attached hydrogen (secondary N) is 2. The molecule has 0 aromatic carbocycles. The predicted molar refractivity (Wildman–Crippen MR) is 127 cm³/mol. The first-order chi connectivity index (χ1) is 16.2. The number of piperidine rings is 1. The zero-order chi connectivity index (χ0) is 22.6. The molecule has 0 radical (unpaired) electrons. The number of fused-ring (bicyclic) bond motifs is 1. The van der Waals surface area contributed by atoms with Crippen molar-refractivity contribution < 1.29 is 4.79 Å². The topological polar surface area (TPSA) is 91.6 Å². The second-order valence-corrected chi connectivity index (χ2v) is 9.09. The summed E-state index contributed by atoms with van der Waals surface area (Å²) in [4.78, 5) is 36.0. The monoisotopic (exact) mass is 446 g/mol. The Balaban J connectivity index is 1.16. The maximum absolute atomic E-state index is 12.5. The molecule has 1 atom stereocenters. The van der Waals surface area contributed by atoms with Gasteiger partial charge in [-0.1, -0.05) is 12.5 Å². The van der Waals surface area contributed by atoms with Crippen LogP contribution in [0.2, 0.25) is 0 Å². The number of pyridine rings is 2. The Bertz CT molecular complexity index is 1170. The van der Waals surface area contributed by atoms with E-state index >= 15 is 0 Å². The molecule has 1 aliphatic carbocycles. The van der Waals surface area contributed by atoms with E-state index in [0.29, 0.717) is 11.7 Å². The molecule has 0 unspecified atom stereocenters. The highest BCUT2D eigenvalue weighted by Crippen LogP contribution is 2.26. The first kappa shape index (κ1) is 21.6. The lowest BCUT2D eigenvalue weighted by Crippen LogP contribution is -2.47. The van der Waals surface area contributed by atoms with Crippen molar-refractivity contribution in [1.82, 2.24) is 25.0 Å². The van der Waals surface area contributed by atoms with Crippen molar-refractivity contribution in [2.45, 2.75) is 44.7 Å². The number of hydrogen-bond donors (Lipinski definition) is 2. The Morgan fingerprint density at radius 2 is 2.03 bits per heavy atom. The third-order valence-electron chi connectivity index (χ3n) is 6.75. The van der Waals surface area contributed by atoms with Gasteiger partial charge < -0.3 is 15.5 Å². The lowest BCUT2D eigenvalue weighted by atomic mass is 9.85. The number of aromatic nitrogens is 3. The summed E-state index contributed by atoms with van der Waals surface area (Å²) < 4.78 is 1.41. The smallest absolute Gasteiger partial charge is 0.270 e. The predicted octanol–water partition coefficient (Wildman–Crippen LogP) is 2.38. The molecule has 8 heteroatoms. The van der Waals surface area contributed by atoms with Gasteiger partial charge in [0.2, 0.25) is 0 Å². The first-order valence-corrected chi connectivity index (χ1v) is 11.9. The maximum Gasteiger partial charge on any atom is 0.270 e. The number of anilines is 1. The average Bonchev–Trinajstić information content (AvgIpc) is 2.82. The van der Waals surface area contributed by atoms with Crippen molar-refractivity contribution in [2.75, 3.05) is 24.5 Å². The average molecular weight is 447 g/mol. The third-order valence-corrected chi connectivity index (χ3v) is 6.75. The van der Waals surface area contributed by atoms with Crippen LogP contribution in [0.1, 0.15) is 48.3 Å². The van der Waals surface area contributed by atoms with Crippen molar-refractivity contribution in [1.29, 1.82) is 0 Å². The Morgan fingerprint density at radius 1 is 1.12 bits per heavy atom. The van der Waals surface area contributed by atoms with E-state index in [1.807, 2.05) is 12.3 Å². The molecule has 5 rings (SSSR count). The van der Waals surface area contributed by atoms with E-state index < -0.39 is 0 Å². The second-order valence-electron chi connectivity index (χ2n) is 9.09. The number of hydrogen-bond acceptors (Lipinski definition) is 6. The SMILES string of the molecule is O=C(NCc1ccc(N2CCC[C@@H](NCC3CCC3)C2)cn1)c1cc(=O)n2ccccc2n1. The molecule has 2 aliphatic rings. The number of rotatable bonds is 7. The van der Waals surface area contributed by atoms with Gasteiger partial charge in [0.05, 0.1) is 24.1 Å². The van der Waals surface area contributed by atoms with E-state index in [1.165, 1.54) is 42.6 Å². The number of carbonyl (C=O) groups excluding carboxylic acids is 1. The third kappa shape index (κ3) is 5.06. The molecule has 0 spiro atoms. The fraction of sp³-hybridized carbons (Fsp3) is 0.440. The molecule has 3 aromatic heterocycles. The van der Waals surface area contributed by atoms with Crippen LogP contribution < -0.4 is 21.1 Å². The maximum atomic E-state index is 12.5. The van der Waals surface area contributed by atoms with E-state index in [0.717, 1.165) is 36.9 Å². The Morgan fingerprint density at radius 3 is 2.82 bits per heavy atom. The van der Waals surface area contributed by atoms with Crippen molar-refractivity contribution >= 4 is 17.2 Å². The van der Waals surface area contributed by atoms with E-state index in [1.54, 1.807) is 24.4 Å². The molecule has 4 heterocycles. The molecule has 33 heavy (non-hydrogen) atoms. The van der Waals surface area contributed by atoms with Gasteiger partial charge in [0.1, 0.15) is 11.3 Å². The van der Waals surface area contributed by atoms with Crippen LogP contribution >= 0.6 is 0 Å². The van der Waals surface area contributed by atoms with Crippen LogP contribution in [0.15, 0.2) is 53.6 Å². The number of amides is 1. The highest BCUT2D eigenvalue weighted by molar-refractivity contribution is 5.92. The van der Waals surface area contributed by atoms with Gasteiger partial charge in [0, 0.05) is 31.4 Å². The minimum absolute atomic E-state index is 0.108. The van der Waals surface area contributed by atoms with Crippen LogP contribution in [0.5, 0.6) is 0 Å². The van der Waals surface area contributed by atoms with Crippen molar-refractivity contribution in [3.63, 3.8) is 0 Å². The van der Waals surface area contributed by atoms with E-state index in [9.17, 15) is 9.59 Å². The standard InChI is InChI=1S/C25H30N6O2/c32-24-13-22(29-23-8-1-2-12-31(23)24)25(33)28-15-19-9-10-21(16-27-19)30-11-4-7-20(17-30)26-14-18-5-3-6-18/h1-2,8-10,12-13,16,18,20,26H,3-7,11,14-15,17H2,(H,28,33)/t20-/m1/s1. The summed E-state index contributed by atoms with van der Waals surface area (Å²) in [7, 11) is 0. The molecule has 172 valence electrons. The van der Waals surface area contributed by atoms with Crippen molar-refractivity contribution in [3.8, 4) is 0 Å². The lowest BCUT2D eigenvalue weighted by molar-refractivity contribution is 0.0945. The van der Waals surface area contributed by atoms with E-state index in [-0.39, 0.29) is 23.7 Å². The van der Waals surface area contributed by atoms with Crippen LogP contribution in [0.25, 0.3) is 5.65 Å². The van der Waals surface area contributed by atoms with Crippen LogP contribution in [0.3, 0.4) is 0 Å². The lowest BCUT2D eigenvalue weighted by Gasteiger charge is -2.36. The summed E-state index contributed by atoms with van der Waals surface area (Å²) in [5.74, 6) is 0.487. The number of carbonyl (C=O) groups is 1. The molecule has 3 aromatic rings. The minimum Gasteiger partial charge on any atom is -0.369 e. The van der Waals surface area contributed by atoms with E-state index in [4.69, 9.17) is 0 Å². The second kappa shape index (κ2) is 9.70. The summed E-state index contributed by atoms with van der Waals surface area (Å²) in [5.41, 5.74) is 2.15. The normalized spacial score (nSPS) is 18.8. The molecule has 2 N–H and O–H groups in total. The van der Waals surface area contributed by atoms with Gasteiger partial charge in [-0.05, 0) is 62.4 Å². The fourth-order valence-electron chi connectivity index (χ4n) is 4.55. The molecule has 1 amide bonds. The van der Waals surface area contributed by atoms with Crippen molar-refractivity contribution in [3.05, 3.63) is 70.5 Å². The summed E-state index contributed by atoms with van der Waals surface area (Å²) in [5, 5.41) is 6.57. The molecule has 1 aliphatic heterocycles. The van der Waals surface area contributed by atoms with Crippen LogP contribution in [-0.2, 0) is 6.54 Å². The quantitative estimate of drug-likeness (QED) is 0.579. The molecular weight excluding hydrogens is 416 g/mol. The molecule has 2 fully saturated rings. The summed E-state index contributed by atoms with van der Waals surface area (Å²) in [6.45, 7) is 3.48. The molecule has 0 bridgehead atoms. The van der Waals surface area contributed by atoms with Gasteiger partial charge in [0.15, 0.2) is 0 Å². The van der Waals surface area contributed by atoms with Gasteiger partial charge in [-0.15, -0.1) is 0 Å². The summed E-state index contributed by atoms with van der Waals surface area (Å²) in [6.07, 6.45) is 10.1. The Hall–Kier alpha value is -3.26. The Labute approximate surface area is 193 Å². The molecule has 8 nitrogen and oxygen atoms in total. The van der Waals surface area contributed by atoms with Gasteiger partial charge in [-0.3, -0.25) is 19.0 Å². The van der Waals surface area contributed by atoms with Gasteiger partial charge in [-0.25, -0.2) is 4.98 Å². The van der Waals surface area contributed by atoms with E-state index in [2.05, 4.69) is 31.6 Å². The van der Waals surface area contributed by atoms with Gasteiger partial charge in [-0.2, -0.15) is 0 Å². The molecular formula is C25H30N6O2. The first-order valence-electron chi connectivity index (χ1n) is 11.9. The van der Waals surface area contributed by atoms with Crippen LogP contribution in [-0.4, -0.2) is 46.0 Å². The van der Waals surface area contributed by atoms with Crippen LogP contribution in [0.4, 0.5) is 5.69 Å². The molecule has 1 saturated heterocycles. The highest BCUT2D eigenvalue weighted by Gasteiger charge is 2.23. The summed E-state index contributed by atoms with van der Waals surface area (Å²) in [6, 6.07) is 11.0. The highest BCUT2D eigenvalue weighted by atomic mass is 16.2. The largest absolute Gasteiger partial charge is 0.369 e. The Kier molecular flexibility index (Phi) is 6.35. The fourth-order valence-corrected chi connectivity index (χ4v) is 4.55. The van der Waals surface area contributed by atoms with Crippen LogP contribution in [0, 0.1) is 5.92 Å². The van der Waals surface area contributed by atoms with Gasteiger partial charge >= 0.3 is 0 Å². The van der Waals surface area contributed by atoms with Crippen molar-refractivity contribution in [2.24, 2.45) is 5.92 Å².